The van der Waals surface area contributed by atoms with Crippen LogP contribution in [0.4, 0.5) is 5.82 Å². The number of hydrogen-bond donors (Lipinski definition) is 4. The molecule has 1 aliphatic heterocycles. The summed E-state index contributed by atoms with van der Waals surface area (Å²) in [5.74, 6) is -2.35. The predicted octanol–water partition coefficient (Wildman–Crippen LogP) is -7.80. The molecule has 14 nitrogen and oxygen atoms in total. The number of anilines is 1. The first kappa shape index (κ1) is 32.1. The van der Waals surface area contributed by atoms with E-state index < -0.39 is 58.1 Å². The van der Waals surface area contributed by atoms with Crippen LogP contribution < -0.4 is 80.3 Å². The van der Waals surface area contributed by atoms with E-state index in [2.05, 4.69) is 14.0 Å². The first-order valence-electron chi connectivity index (χ1n) is 8.98. The molecule has 1 aliphatic rings. The second-order valence-electron chi connectivity index (χ2n) is 6.76. The second kappa shape index (κ2) is 13.0. The van der Waals surface area contributed by atoms with Crippen LogP contribution in [0.25, 0.3) is 0 Å². The smallest absolute Gasteiger partial charge is 0.777 e. The van der Waals surface area contributed by atoms with E-state index in [-0.39, 0.29) is 70.5 Å². The molecule has 5 N–H and O–H groups in total. The van der Waals surface area contributed by atoms with Crippen molar-refractivity contribution < 1.29 is 107 Å². The maximum atomic E-state index is 12.2. The molecule has 176 valence electrons. The van der Waals surface area contributed by atoms with Crippen LogP contribution in [-0.2, 0) is 22.9 Å². The number of rotatable bonds is 8. The molecular weight excluding hydrogens is 518 g/mol. The number of nitrogens with two attached hydrogens (primary N) is 1. The maximum Gasteiger partial charge on any atom is 1.00 e. The number of phosphoric ester groups is 1. The number of aliphatic hydroxyl groups excluding tert-OH is 2. The Labute approximate surface area is 237 Å². The van der Waals surface area contributed by atoms with E-state index in [1.54, 1.807) is 0 Å². The average molecular weight is 537 g/mol. The van der Waals surface area contributed by atoms with Crippen LogP contribution >= 0.6 is 15.4 Å². The van der Waals surface area contributed by atoms with Crippen LogP contribution in [0.3, 0.4) is 0 Å². The van der Waals surface area contributed by atoms with Gasteiger partial charge in [-0.1, -0.05) is 30.3 Å². The first-order chi connectivity index (χ1) is 14.9. The third-order valence-electron chi connectivity index (χ3n) is 4.47. The monoisotopic (exact) mass is 537 g/mol. The minimum atomic E-state index is -5.37. The van der Waals surface area contributed by atoms with Crippen molar-refractivity contribution in [1.82, 2.24) is 9.55 Å². The molecule has 0 bridgehead atoms. The number of nitrogen functional groups attached to an aromatic ring is 1. The van der Waals surface area contributed by atoms with Crippen molar-refractivity contribution in [2.75, 3.05) is 12.3 Å². The molecule has 1 aromatic heterocycles. The molecule has 34 heavy (non-hydrogen) atoms. The fraction of sp³-hybridized carbons (Fsp3) is 0.375. The first-order valence-corrected chi connectivity index (χ1v) is 12.1. The Morgan fingerprint density at radius 2 is 1.76 bits per heavy atom. The summed E-state index contributed by atoms with van der Waals surface area (Å²) in [4.78, 5) is 48.6. The average Bonchev–Trinajstić information content (AvgIpc) is 2.99. The van der Waals surface area contributed by atoms with E-state index in [0.29, 0.717) is 0 Å². The van der Waals surface area contributed by atoms with Gasteiger partial charge in [-0.25, -0.2) is 4.79 Å². The van der Waals surface area contributed by atoms with Gasteiger partial charge in [0.05, 0.1) is 6.61 Å². The van der Waals surface area contributed by atoms with E-state index >= 15 is 0 Å². The van der Waals surface area contributed by atoms with Crippen LogP contribution in [0, 0.1) is 0 Å². The topological polar surface area (TPSA) is 230 Å². The van der Waals surface area contributed by atoms with Crippen LogP contribution in [0.5, 0.6) is 0 Å². The SMILES string of the molecule is Nc1ccn([C@@H]2O[C@H](COP(=O)([O-])O[C@@H](c3ccccc3)P(=O)([O-])O)[C@@H](O)[C@H]2O)c(=O)n1.[Na+].[Na+]. The van der Waals surface area contributed by atoms with E-state index in [9.17, 15) is 38.8 Å². The summed E-state index contributed by atoms with van der Waals surface area (Å²) in [7, 11) is -10.7. The van der Waals surface area contributed by atoms with Crippen molar-refractivity contribution in [3.8, 4) is 0 Å². The Bertz CT molecular complexity index is 1100. The van der Waals surface area contributed by atoms with Gasteiger partial charge in [-0.3, -0.25) is 9.13 Å². The fourth-order valence-corrected chi connectivity index (χ4v) is 5.09. The van der Waals surface area contributed by atoms with Crippen molar-refractivity contribution in [2.45, 2.75) is 30.4 Å². The van der Waals surface area contributed by atoms with Crippen molar-refractivity contribution in [2.24, 2.45) is 0 Å². The Morgan fingerprint density at radius 3 is 2.32 bits per heavy atom. The van der Waals surface area contributed by atoms with Crippen LogP contribution in [0.1, 0.15) is 17.6 Å². The van der Waals surface area contributed by atoms with E-state index in [1.807, 2.05) is 0 Å². The Hall–Kier alpha value is 0.0400. The molecule has 1 fully saturated rings. The van der Waals surface area contributed by atoms with Gasteiger partial charge in [0.25, 0.3) is 7.82 Å². The molecule has 2 aromatic rings. The number of aromatic nitrogens is 2. The zero-order chi connectivity index (χ0) is 23.7. The maximum absolute atomic E-state index is 12.2. The molecule has 3 rings (SSSR count). The Kier molecular flexibility index (Phi) is 12.3. The van der Waals surface area contributed by atoms with Crippen molar-refractivity contribution in [3.05, 3.63) is 58.6 Å². The number of phosphoric acid groups is 1. The summed E-state index contributed by atoms with van der Waals surface area (Å²) in [6.45, 7) is -0.900. The Balaban J connectivity index is 0.00000289. The molecule has 0 amide bonds. The molecule has 2 heterocycles. The number of benzene rings is 1. The van der Waals surface area contributed by atoms with E-state index in [0.717, 1.165) is 10.8 Å². The molecular formula is C16H19N3Na2O11P2. The molecule has 0 aliphatic carbocycles. The van der Waals surface area contributed by atoms with Crippen molar-refractivity contribution >= 4 is 21.2 Å². The van der Waals surface area contributed by atoms with Crippen LogP contribution in [0.2, 0.25) is 0 Å². The Morgan fingerprint density at radius 1 is 1.15 bits per heavy atom. The third-order valence-corrected chi connectivity index (χ3v) is 6.57. The predicted molar refractivity (Wildman–Crippen MR) is 102 cm³/mol. The van der Waals surface area contributed by atoms with Crippen LogP contribution in [-0.4, -0.2) is 49.6 Å². The fourth-order valence-electron chi connectivity index (χ4n) is 2.96. The summed E-state index contributed by atoms with van der Waals surface area (Å²) in [6, 6.07) is 8.01. The summed E-state index contributed by atoms with van der Waals surface area (Å²) in [6.07, 6.45) is -5.06. The van der Waals surface area contributed by atoms with Crippen molar-refractivity contribution in [1.29, 1.82) is 0 Å². The van der Waals surface area contributed by atoms with Gasteiger partial charge in [0.1, 0.15) is 24.1 Å². The van der Waals surface area contributed by atoms with Gasteiger partial charge in [0.15, 0.2) is 19.7 Å². The summed E-state index contributed by atoms with van der Waals surface area (Å²) >= 11 is 0. The summed E-state index contributed by atoms with van der Waals surface area (Å²) in [5.41, 5.74) is 4.33. The minimum Gasteiger partial charge on any atom is -0.777 e. The number of nitrogens with zero attached hydrogens (tertiary/aromatic N) is 2. The normalized spacial score (nSPS) is 26.4. The van der Waals surface area contributed by atoms with Gasteiger partial charge in [-0.2, -0.15) is 4.98 Å². The number of hydrogen-bond acceptors (Lipinski definition) is 12. The largest absolute Gasteiger partial charge is 1.00 e. The standard InChI is InChI=1S/C16H21N3O11P2.2Na/c17-11-6-7-19(16(22)18-11)14-13(21)12(20)10(29-14)8-28-32(26,27)30-15(31(23,24)25)9-4-2-1-3-5-9;;/h1-7,10,12-15,20-21H,8H2,(H,26,27)(H2,17,18,22)(H2,23,24,25);;/q;2*+1/p-2/t10-,12-,13-,14-,15-;;/m1../s1. The summed E-state index contributed by atoms with van der Waals surface area (Å²) in [5, 5.41) is 20.3. The molecule has 2 unspecified atom stereocenters. The van der Waals surface area contributed by atoms with Gasteiger partial charge in [-0.05, 0) is 11.6 Å². The molecule has 0 spiro atoms. The summed E-state index contributed by atoms with van der Waals surface area (Å²) < 4.78 is 39.1. The molecule has 7 atom stereocenters. The number of aliphatic hydroxyl groups is 2. The van der Waals surface area contributed by atoms with Gasteiger partial charge in [0, 0.05) is 6.20 Å². The van der Waals surface area contributed by atoms with Gasteiger partial charge >= 0.3 is 64.8 Å². The van der Waals surface area contributed by atoms with Gasteiger partial charge in [-0.15, -0.1) is 0 Å². The minimum absolute atomic E-state index is 0. The molecule has 0 radical (unpaired) electrons. The van der Waals surface area contributed by atoms with E-state index in [1.165, 1.54) is 36.4 Å². The number of ether oxygens (including phenoxy) is 1. The zero-order valence-electron chi connectivity index (χ0n) is 18.1. The third kappa shape index (κ3) is 8.02. The molecule has 0 saturated carbocycles. The van der Waals surface area contributed by atoms with Crippen molar-refractivity contribution in [3.63, 3.8) is 0 Å². The quantitative estimate of drug-likeness (QED) is 0.181. The van der Waals surface area contributed by atoms with Gasteiger partial charge in [0.2, 0.25) is 0 Å². The van der Waals surface area contributed by atoms with Crippen LogP contribution in [0.15, 0.2) is 47.4 Å². The van der Waals surface area contributed by atoms with E-state index in [4.69, 9.17) is 10.5 Å². The second-order valence-corrected chi connectivity index (χ2v) is 9.72. The molecule has 1 saturated heterocycles. The van der Waals surface area contributed by atoms with Gasteiger partial charge < -0.3 is 49.0 Å². The molecule has 18 heteroatoms. The molecule has 1 aromatic carbocycles. The zero-order valence-corrected chi connectivity index (χ0v) is 23.9.